The molecule has 1 aliphatic carbocycles. The van der Waals surface area contributed by atoms with Crippen LogP contribution in [-0.2, 0) is 24.2 Å². The predicted octanol–water partition coefficient (Wildman–Crippen LogP) is 3.65. The van der Waals surface area contributed by atoms with Crippen LogP contribution in [0.2, 0.25) is 0 Å². The van der Waals surface area contributed by atoms with Crippen LogP contribution < -0.4 is 15.7 Å². The highest BCUT2D eigenvalue weighted by atomic mass is 79.9. The quantitative estimate of drug-likeness (QED) is 0.423. The van der Waals surface area contributed by atoms with Crippen LogP contribution in [0.3, 0.4) is 0 Å². The Kier molecular flexibility index (Phi) is 6.29. The molecule has 156 valence electrons. The van der Waals surface area contributed by atoms with Crippen LogP contribution in [0.15, 0.2) is 38.9 Å². The van der Waals surface area contributed by atoms with Crippen molar-refractivity contribution >= 4 is 49.6 Å². The van der Waals surface area contributed by atoms with Crippen LogP contribution in [-0.4, -0.2) is 28.3 Å². The highest BCUT2D eigenvalue weighted by Crippen LogP contribution is 2.33. The second-order valence-corrected chi connectivity index (χ2v) is 8.98. The molecule has 4 rings (SSSR count). The van der Waals surface area contributed by atoms with Gasteiger partial charge in [0.2, 0.25) is 0 Å². The van der Waals surface area contributed by atoms with E-state index in [0.29, 0.717) is 17.7 Å². The standard InChI is InChI=1S/C21H21BrN4O3S/c1-2-29-16-8-7-14(22)9-13(16)10-24-25-18(27)11-26-12-23-20-19(21(26)28)15-5-3-4-6-17(15)30-20/h7-10,12H,2-6,11H2,1H3,(H,25,27). The predicted molar refractivity (Wildman–Crippen MR) is 122 cm³/mol. The van der Waals surface area contributed by atoms with Crippen LogP contribution >= 0.6 is 27.3 Å². The third-order valence-corrected chi connectivity index (χ3v) is 6.61. The summed E-state index contributed by atoms with van der Waals surface area (Å²) in [5, 5.41) is 4.69. The van der Waals surface area contributed by atoms with E-state index >= 15 is 0 Å². The lowest BCUT2D eigenvalue weighted by molar-refractivity contribution is -0.121. The summed E-state index contributed by atoms with van der Waals surface area (Å²) < 4.78 is 7.79. The highest BCUT2D eigenvalue weighted by molar-refractivity contribution is 9.10. The summed E-state index contributed by atoms with van der Waals surface area (Å²) in [6, 6.07) is 5.56. The van der Waals surface area contributed by atoms with E-state index in [1.54, 1.807) is 11.3 Å². The van der Waals surface area contributed by atoms with Crippen molar-refractivity contribution in [3.8, 4) is 5.75 Å². The van der Waals surface area contributed by atoms with Gasteiger partial charge in [-0.25, -0.2) is 10.4 Å². The summed E-state index contributed by atoms with van der Waals surface area (Å²) in [5.41, 5.74) is 4.16. The minimum absolute atomic E-state index is 0.138. The van der Waals surface area contributed by atoms with Crippen LogP contribution in [0.5, 0.6) is 5.75 Å². The number of hydrazone groups is 1. The van der Waals surface area contributed by atoms with Gasteiger partial charge in [0.1, 0.15) is 17.1 Å². The van der Waals surface area contributed by atoms with E-state index in [4.69, 9.17) is 4.74 Å². The molecule has 9 heteroatoms. The number of thiophene rings is 1. The van der Waals surface area contributed by atoms with Crippen LogP contribution in [0.4, 0.5) is 0 Å². The van der Waals surface area contributed by atoms with Crippen LogP contribution in [0.1, 0.15) is 35.8 Å². The molecule has 30 heavy (non-hydrogen) atoms. The number of amides is 1. The van der Waals surface area contributed by atoms with Gasteiger partial charge in [-0.3, -0.25) is 14.2 Å². The largest absolute Gasteiger partial charge is 0.493 e. The number of halogens is 1. The maximum absolute atomic E-state index is 12.9. The first-order valence-corrected chi connectivity index (χ1v) is 11.4. The monoisotopic (exact) mass is 488 g/mol. The Labute approximate surface area is 185 Å². The average Bonchev–Trinajstić information content (AvgIpc) is 3.11. The summed E-state index contributed by atoms with van der Waals surface area (Å²) in [5.74, 6) is 0.276. The van der Waals surface area contributed by atoms with Gasteiger partial charge in [-0.15, -0.1) is 11.3 Å². The third-order valence-electron chi connectivity index (χ3n) is 4.92. The Balaban J connectivity index is 1.49. The Morgan fingerprint density at radius 3 is 3.07 bits per heavy atom. The summed E-state index contributed by atoms with van der Waals surface area (Å²) in [4.78, 5) is 31.7. The van der Waals surface area contributed by atoms with Crippen molar-refractivity contribution in [1.29, 1.82) is 0 Å². The molecule has 7 nitrogen and oxygen atoms in total. The molecule has 0 saturated heterocycles. The molecule has 2 aromatic heterocycles. The Morgan fingerprint density at radius 2 is 2.23 bits per heavy atom. The molecule has 2 heterocycles. The zero-order valence-electron chi connectivity index (χ0n) is 16.5. The fraction of sp³-hybridized carbons (Fsp3) is 0.333. The molecule has 1 amide bonds. The van der Waals surface area contributed by atoms with Crippen molar-refractivity contribution in [2.45, 2.75) is 39.2 Å². The number of aryl methyl sites for hydroxylation is 2. The molecule has 0 spiro atoms. The van der Waals surface area contributed by atoms with E-state index in [9.17, 15) is 9.59 Å². The molecule has 0 aliphatic heterocycles. The fourth-order valence-corrected chi connectivity index (χ4v) is 5.16. The Morgan fingerprint density at radius 1 is 1.40 bits per heavy atom. The van der Waals surface area contributed by atoms with Gasteiger partial charge in [-0.2, -0.15) is 5.10 Å². The summed E-state index contributed by atoms with van der Waals surface area (Å²) in [7, 11) is 0. The van der Waals surface area contributed by atoms with Gasteiger partial charge in [-0.05, 0) is 56.4 Å². The van der Waals surface area contributed by atoms with Gasteiger partial charge in [0.05, 0.1) is 24.5 Å². The van der Waals surface area contributed by atoms with Crippen LogP contribution in [0, 0.1) is 0 Å². The van der Waals surface area contributed by atoms with Gasteiger partial charge in [0.15, 0.2) is 0 Å². The lowest BCUT2D eigenvalue weighted by Crippen LogP contribution is -2.30. The van der Waals surface area contributed by atoms with Gasteiger partial charge in [0.25, 0.3) is 11.5 Å². The minimum atomic E-state index is -0.397. The first kappa shape index (κ1) is 20.7. The molecule has 0 bridgehead atoms. The second kappa shape index (κ2) is 9.09. The zero-order chi connectivity index (χ0) is 21.1. The molecular formula is C21H21BrN4O3S. The summed E-state index contributed by atoms with van der Waals surface area (Å²) >= 11 is 5.01. The van der Waals surface area contributed by atoms with Gasteiger partial charge >= 0.3 is 0 Å². The Bertz CT molecular complexity index is 1180. The molecule has 0 fully saturated rings. The van der Waals surface area contributed by atoms with E-state index in [2.05, 4.69) is 31.4 Å². The summed E-state index contributed by atoms with van der Waals surface area (Å²) in [6.07, 6.45) is 7.11. The Hall–Kier alpha value is -2.52. The number of fused-ring (bicyclic) bond motifs is 3. The first-order chi connectivity index (χ1) is 14.6. The molecular weight excluding hydrogens is 468 g/mol. The minimum Gasteiger partial charge on any atom is -0.493 e. The number of hydrogen-bond donors (Lipinski definition) is 1. The van der Waals surface area contributed by atoms with Gasteiger partial charge in [0, 0.05) is 14.9 Å². The first-order valence-electron chi connectivity index (χ1n) is 9.80. The molecule has 1 aromatic carbocycles. The SMILES string of the molecule is CCOc1ccc(Br)cc1C=NNC(=O)Cn1cnc2sc3c(c2c1=O)CCCC3. The number of rotatable bonds is 6. The van der Waals surface area contributed by atoms with Crippen molar-refractivity contribution in [3.63, 3.8) is 0 Å². The van der Waals surface area contributed by atoms with E-state index in [1.165, 1.54) is 22.0 Å². The molecule has 0 saturated carbocycles. The number of ether oxygens (including phenoxy) is 1. The molecule has 1 N–H and O–H groups in total. The highest BCUT2D eigenvalue weighted by Gasteiger charge is 2.20. The van der Waals surface area contributed by atoms with E-state index in [-0.39, 0.29) is 12.1 Å². The number of carbonyl (C=O) groups excluding carboxylic acids is 1. The van der Waals surface area contributed by atoms with Crippen LogP contribution in [0.25, 0.3) is 10.2 Å². The lowest BCUT2D eigenvalue weighted by Gasteiger charge is -2.10. The van der Waals surface area contributed by atoms with E-state index < -0.39 is 5.91 Å². The maximum atomic E-state index is 12.9. The fourth-order valence-electron chi connectivity index (χ4n) is 3.56. The van der Waals surface area contributed by atoms with Crippen molar-refractivity contribution in [1.82, 2.24) is 15.0 Å². The number of nitrogens with zero attached hydrogens (tertiary/aromatic N) is 3. The summed E-state index contributed by atoms with van der Waals surface area (Å²) in [6.45, 7) is 2.29. The maximum Gasteiger partial charge on any atom is 0.262 e. The molecule has 0 atom stereocenters. The third kappa shape index (κ3) is 4.32. The molecule has 0 radical (unpaired) electrons. The van der Waals surface area contributed by atoms with Gasteiger partial charge in [-0.1, -0.05) is 15.9 Å². The second-order valence-electron chi connectivity index (χ2n) is 6.98. The van der Waals surface area contributed by atoms with Crippen molar-refractivity contribution in [2.75, 3.05) is 6.61 Å². The number of benzene rings is 1. The van der Waals surface area contributed by atoms with E-state index in [1.807, 2.05) is 25.1 Å². The lowest BCUT2D eigenvalue weighted by atomic mass is 9.97. The number of hydrogen-bond acceptors (Lipinski definition) is 6. The van der Waals surface area contributed by atoms with Crippen molar-refractivity contribution in [2.24, 2.45) is 5.10 Å². The molecule has 1 aliphatic rings. The molecule has 3 aromatic rings. The van der Waals surface area contributed by atoms with Gasteiger partial charge < -0.3 is 4.74 Å². The smallest absolute Gasteiger partial charge is 0.262 e. The number of aromatic nitrogens is 2. The topological polar surface area (TPSA) is 85.6 Å². The van der Waals surface area contributed by atoms with Crippen molar-refractivity contribution in [3.05, 3.63) is 55.4 Å². The zero-order valence-corrected chi connectivity index (χ0v) is 18.9. The molecule has 0 unspecified atom stereocenters. The number of carbonyl (C=O) groups is 1. The average molecular weight is 489 g/mol. The number of nitrogens with one attached hydrogen (secondary N) is 1. The normalized spacial score (nSPS) is 13.5. The van der Waals surface area contributed by atoms with Crippen molar-refractivity contribution < 1.29 is 9.53 Å². The van der Waals surface area contributed by atoms with E-state index in [0.717, 1.165) is 46.1 Å².